The second-order valence-electron chi connectivity index (χ2n) is 3.36. The fourth-order valence-electron chi connectivity index (χ4n) is 1.31. The molecular weight excluding hydrogens is 206 g/mol. The topological polar surface area (TPSA) is 54.3 Å². The summed E-state index contributed by atoms with van der Waals surface area (Å²) < 4.78 is 0. The molecule has 0 spiro atoms. The maximum Gasteiger partial charge on any atom is 0.387 e. The van der Waals surface area contributed by atoms with E-state index in [0.717, 1.165) is 5.69 Å². The Balaban J connectivity index is 2.25. The monoisotopic (exact) mass is 217 g/mol. The number of carbonyl (C=O) groups excluding carboxylic acids is 1. The molecule has 0 amide bonds. The smallest absolute Gasteiger partial charge is 0.311 e. The van der Waals surface area contributed by atoms with E-state index in [1.807, 2.05) is 30.3 Å². The summed E-state index contributed by atoms with van der Waals surface area (Å²) in [4.78, 5) is 15.8. The van der Waals surface area contributed by atoms with Crippen LogP contribution in [0.5, 0.6) is 0 Å². The van der Waals surface area contributed by atoms with Crippen molar-refractivity contribution in [2.45, 2.75) is 6.92 Å². The third-order valence-corrected chi connectivity index (χ3v) is 2.18. The fraction of sp³-hybridized carbons (Fsp3) is 0.182. The van der Waals surface area contributed by atoms with Crippen molar-refractivity contribution in [3.8, 4) is 0 Å². The highest BCUT2D eigenvalue weighted by molar-refractivity contribution is 6.66. The lowest BCUT2D eigenvalue weighted by Crippen LogP contribution is -2.21. The van der Waals surface area contributed by atoms with E-state index in [-0.39, 0.29) is 5.71 Å². The predicted molar refractivity (Wildman–Crippen MR) is 61.5 cm³/mol. The van der Waals surface area contributed by atoms with Gasteiger partial charge in [-0.15, -0.1) is 0 Å². The van der Waals surface area contributed by atoms with Gasteiger partial charge in [0.2, 0.25) is 0 Å². The van der Waals surface area contributed by atoms with Crippen LogP contribution in [0.2, 0.25) is 0 Å². The zero-order valence-electron chi connectivity index (χ0n) is 9.04. The lowest BCUT2D eigenvalue weighted by atomic mass is 10.3. The van der Waals surface area contributed by atoms with E-state index < -0.39 is 5.97 Å². The summed E-state index contributed by atoms with van der Waals surface area (Å²) in [5.41, 5.74) is 1.63. The molecule has 0 aliphatic carbocycles. The zero-order chi connectivity index (χ0) is 11.5. The van der Waals surface area contributed by atoms with Crippen LogP contribution in [0.1, 0.15) is 6.92 Å². The molecule has 82 valence electrons. The molecule has 16 heavy (non-hydrogen) atoms. The van der Waals surface area contributed by atoms with Crippen LogP contribution in [-0.2, 0) is 9.63 Å². The number of nitrogens with zero attached hydrogens (tertiary/aromatic N) is 3. The zero-order valence-corrected chi connectivity index (χ0v) is 9.04. The summed E-state index contributed by atoms with van der Waals surface area (Å²) in [5.74, 6) is -0.514. The molecule has 1 aliphatic rings. The first-order chi connectivity index (χ1) is 7.68. The molecule has 1 aliphatic heterocycles. The third-order valence-electron chi connectivity index (χ3n) is 2.18. The first-order valence-corrected chi connectivity index (χ1v) is 4.82. The molecule has 0 saturated carbocycles. The number of hydrogen-bond acceptors (Lipinski definition) is 5. The molecule has 0 N–H and O–H groups in total. The molecule has 1 aromatic carbocycles. The summed E-state index contributed by atoms with van der Waals surface area (Å²) in [5, 5.41) is 9.32. The lowest BCUT2D eigenvalue weighted by molar-refractivity contribution is -0.134. The Morgan fingerprint density at radius 3 is 2.56 bits per heavy atom. The van der Waals surface area contributed by atoms with Crippen molar-refractivity contribution < 1.29 is 9.63 Å². The van der Waals surface area contributed by atoms with Crippen LogP contribution in [0.15, 0.2) is 40.6 Å². The van der Waals surface area contributed by atoms with Gasteiger partial charge in [0, 0.05) is 7.05 Å². The van der Waals surface area contributed by atoms with Crippen LogP contribution < -0.4 is 5.01 Å². The molecule has 0 fully saturated rings. The standard InChI is InChI=1S/C11H11N3O2/c1-8-10(11(15)16-13-8)12-14(2)9-6-4-3-5-7-9/h3-7H,1-2H3. The highest BCUT2D eigenvalue weighted by Crippen LogP contribution is 2.12. The average molecular weight is 217 g/mol. The molecule has 1 heterocycles. The maximum atomic E-state index is 11.3. The van der Waals surface area contributed by atoms with Gasteiger partial charge in [-0.3, -0.25) is 5.01 Å². The number of rotatable bonds is 2. The van der Waals surface area contributed by atoms with Crippen molar-refractivity contribution >= 4 is 23.1 Å². The van der Waals surface area contributed by atoms with E-state index in [9.17, 15) is 4.79 Å². The summed E-state index contributed by atoms with van der Waals surface area (Å²) in [6, 6.07) is 9.52. The molecule has 5 nitrogen and oxygen atoms in total. The van der Waals surface area contributed by atoms with Crippen molar-refractivity contribution in [3.63, 3.8) is 0 Å². The predicted octanol–water partition coefficient (Wildman–Crippen LogP) is 1.41. The number of para-hydroxylation sites is 1. The first kappa shape index (κ1) is 10.4. The van der Waals surface area contributed by atoms with Gasteiger partial charge in [-0.2, -0.15) is 5.10 Å². The first-order valence-electron chi connectivity index (χ1n) is 4.82. The molecule has 0 unspecified atom stereocenters. The van der Waals surface area contributed by atoms with Crippen LogP contribution in [0, 0.1) is 0 Å². The molecule has 2 rings (SSSR count). The Kier molecular flexibility index (Phi) is 2.68. The third kappa shape index (κ3) is 1.93. The molecule has 0 saturated heterocycles. The summed E-state index contributed by atoms with van der Waals surface area (Å²) >= 11 is 0. The quantitative estimate of drug-likeness (QED) is 0.556. The van der Waals surface area contributed by atoms with Crippen molar-refractivity contribution in [1.29, 1.82) is 0 Å². The Morgan fingerprint density at radius 2 is 2.00 bits per heavy atom. The van der Waals surface area contributed by atoms with Crippen molar-refractivity contribution in [3.05, 3.63) is 30.3 Å². The van der Waals surface area contributed by atoms with Gasteiger partial charge in [0.05, 0.1) is 5.69 Å². The van der Waals surface area contributed by atoms with Gasteiger partial charge in [-0.25, -0.2) is 4.79 Å². The Labute approximate surface area is 93.0 Å². The van der Waals surface area contributed by atoms with E-state index >= 15 is 0 Å². The normalized spacial score (nSPS) is 17.2. The van der Waals surface area contributed by atoms with Gasteiger partial charge < -0.3 is 4.84 Å². The molecular formula is C11H11N3O2. The molecule has 0 atom stereocenters. The van der Waals surface area contributed by atoms with Crippen molar-refractivity contribution in [1.82, 2.24) is 0 Å². The SMILES string of the molecule is CC1=NOC(=O)C1=NN(C)c1ccccc1. The molecule has 0 aromatic heterocycles. The maximum absolute atomic E-state index is 11.3. The van der Waals surface area contributed by atoms with Gasteiger partial charge in [-0.05, 0) is 19.1 Å². The van der Waals surface area contributed by atoms with E-state index in [1.165, 1.54) is 0 Å². The number of oxime groups is 1. The lowest BCUT2D eigenvalue weighted by Gasteiger charge is -2.12. The Morgan fingerprint density at radius 1 is 1.31 bits per heavy atom. The molecule has 0 bridgehead atoms. The number of hydrogen-bond donors (Lipinski definition) is 0. The van der Waals surface area contributed by atoms with Crippen molar-refractivity contribution in [2.75, 3.05) is 12.1 Å². The van der Waals surface area contributed by atoms with E-state index in [1.54, 1.807) is 19.0 Å². The Hall–Kier alpha value is -2.17. The minimum absolute atomic E-state index is 0.242. The highest BCUT2D eigenvalue weighted by atomic mass is 16.7. The van der Waals surface area contributed by atoms with Crippen LogP contribution in [-0.4, -0.2) is 24.4 Å². The van der Waals surface area contributed by atoms with Crippen LogP contribution in [0.25, 0.3) is 0 Å². The molecule has 0 radical (unpaired) electrons. The van der Waals surface area contributed by atoms with Crippen LogP contribution in [0.3, 0.4) is 0 Å². The molecule has 5 heteroatoms. The van der Waals surface area contributed by atoms with Crippen LogP contribution in [0.4, 0.5) is 5.69 Å². The fourth-order valence-corrected chi connectivity index (χ4v) is 1.31. The molecule has 1 aromatic rings. The second kappa shape index (κ2) is 4.14. The van der Waals surface area contributed by atoms with Gasteiger partial charge >= 0.3 is 5.97 Å². The number of hydrazone groups is 1. The minimum atomic E-state index is -0.514. The van der Waals surface area contributed by atoms with Gasteiger partial charge in [0.25, 0.3) is 0 Å². The summed E-state index contributed by atoms with van der Waals surface area (Å²) in [6.45, 7) is 1.68. The second-order valence-corrected chi connectivity index (χ2v) is 3.36. The largest absolute Gasteiger partial charge is 0.387 e. The highest BCUT2D eigenvalue weighted by Gasteiger charge is 2.24. The average Bonchev–Trinajstić information content (AvgIpc) is 2.62. The van der Waals surface area contributed by atoms with Crippen LogP contribution >= 0.6 is 0 Å². The van der Waals surface area contributed by atoms with E-state index in [0.29, 0.717) is 5.71 Å². The van der Waals surface area contributed by atoms with Gasteiger partial charge in [-0.1, -0.05) is 23.4 Å². The van der Waals surface area contributed by atoms with E-state index in [2.05, 4.69) is 15.1 Å². The summed E-state index contributed by atoms with van der Waals surface area (Å²) in [6.07, 6.45) is 0. The minimum Gasteiger partial charge on any atom is -0.311 e. The van der Waals surface area contributed by atoms with Gasteiger partial charge in [0.15, 0.2) is 5.71 Å². The Bertz CT molecular complexity index is 465. The van der Waals surface area contributed by atoms with E-state index in [4.69, 9.17) is 0 Å². The van der Waals surface area contributed by atoms with Crippen molar-refractivity contribution in [2.24, 2.45) is 10.3 Å². The van der Waals surface area contributed by atoms with Gasteiger partial charge in [0.1, 0.15) is 5.71 Å². The number of anilines is 1. The number of carbonyl (C=O) groups is 1. The summed E-state index contributed by atoms with van der Waals surface area (Å²) in [7, 11) is 1.77. The number of benzene rings is 1.